The van der Waals surface area contributed by atoms with Crippen LogP contribution in [0.2, 0.25) is 0 Å². The fourth-order valence-electron chi connectivity index (χ4n) is 4.36. The second-order valence-electron chi connectivity index (χ2n) is 6.20. The van der Waals surface area contributed by atoms with Crippen molar-refractivity contribution in [3.63, 3.8) is 0 Å². The Morgan fingerprint density at radius 3 is 1.24 bits per heavy atom. The molecule has 0 aliphatic heterocycles. The molecule has 0 aromatic carbocycles. The van der Waals surface area contributed by atoms with E-state index in [9.17, 15) is 9.59 Å². The first-order valence-corrected chi connectivity index (χ1v) is 8.63. The number of ether oxygens (including phenoxy) is 4. The van der Waals surface area contributed by atoms with Crippen LogP contribution in [-0.4, -0.2) is 55.9 Å². The van der Waals surface area contributed by atoms with Gasteiger partial charge in [-0.25, -0.2) is 0 Å². The number of carbonyl (C=O) groups is 2. The van der Waals surface area contributed by atoms with E-state index in [4.69, 9.17) is 65.4 Å². The van der Waals surface area contributed by atoms with Gasteiger partial charge in [-0.3, -0.25) is 9.59 Å². The maximum Gasteiger partial charge on any atom is 0.315 e. The van der Waals surface area contributed by atoms with Crippen molar-refractivity contribution < 1.29 is 28.5 Å². The zero-order valence-electron chi connectivity index (χ0n) is 14.5. The summed E-state index contributed by atoms with van der Waals surface area (Å²) in [6.45, 7) is 2.79. The minimum absolute atomic E-state index is 0.163. The van der Waals surface area contributed by atoms with E-state index in [0.717, 1.165) is 14.2 Å². The smallest absolute Gasteiger partial charge is 0.315 e. The zero-order valence-corrected chi connectivity index (χ0v) is 17.5. The van der Waals surface area contributed by atoms with Crippen LogP contribution in [0.25, 0.3) is 0 Å². The van der Waals surface area contributed by atoms with Crippen molar-refractivity contribution in [3.05, 3.63) is 10.1 Å². The number of hydrogen-bond donors (Lipinski definition) is 0. The summed E-state index contributed by atoms with van der Waals surface area (Å²) >= 11 is 26.6. The molecule has 0 amide bonds. The van der Waals surface area contributed by atoms with Crippen molar-refractivity contribution in [2.45, 2.75) is 29.4 Å². The second-order valence-corrected chi connectivity index (χ2v) is 8.09. The number of methoxy groups -OCH3 is 4. The van der Waals surface area contributed by atoms with Gasteiger partial charge in [0.2, 0.25) is 5.79 Å². The Morgan fingerprint density at radius 2 is 1.04 bits per heavy atom. The van der Waals surface area contributed by atoms with Gasteiger partial charge in [0.15, 0.2) is 9.75 Å². The Morgan fingerprint density at radius 1 is 0.760 bits per heavy atom. The number of hydrogen-bond acceptors (Lipinski definition) is 6. The largest absolute Gasteiger partial charge is 0.469 e. The molecule has 0 N–H and O–H groups in total. The first-order valence-electron chi connectivity index (χ1n) is 7.11. The van der Waals surface area contributed by atoms with Gasteiger partial charge in [0.1, 0.15) is 10.8 Å². The van der Waals surface area contributed by atoms with E-state index >= 15 is 0 Å². The Bertz CT molecular complexity index is 625. The van der Waals surface area contributed by atoms with Crippen LogP contribution in [-0.2, 0) is 28.5 Å². The Balaban J connectivity index is 3.11. The first-order chi connectivity index (χ1) is 11.4. The number of halogens is 4. The highest BCUT2D eigenvalue weighted by Gasteiger charge is 2.96. The summed E-state index contributed by atoms with van der Waals surface area (Å²) in [6, 6.07) is 0. The van der Waals surface area contributed by atoms with Crippen LogP contribution in [0.15, 0.2) is 10.1 Å². The minimum atomic E-state index is -1.96. The standard InChI is InChI=1S/C15H18Cl4O6/c1-11(9(20)22-3)12(2,10(21)23-4)14(19)8(17)7(16)13(11,18)15(14,24-5)25-6/h1-6H3/t11-,12+,13+,14-. The third kappa shape index (κ3) is 1.64. The highest BCUT2D eigenvalue weighted by Crippen LogP contribution is 2.82. The number of esters is 2. The summed E-state index contributed by atoms with van der Waals surface area (Å²) in [7, 11) is 4.83. The summed E-state index contributed by atoms with van der Waals surface area (Å²) in [5.74, 6) is -3.65. The lowest BCUT2D eigenvalue weighted by Gasteiger charge is -2.48. The lowest BCUT2D eigenvalue weighted by atomic mass is 9.59. The molecule has 0 saturated heterocycles. The summed E-state index contributed by atoms with van der Waals surface area (Å²) in [5.41, 5.74) is -3.68. The molecule has 0 radical (unpaired) electrons. The van der Waals surface area contributed by atoms with Crippen molar-refractivity contribution in [3.8, 4) is 0 Å². The number of carbonyl (C=O) groups excluding carboxylic acids is 2. The van der Waals surface area contributed by atoms with Crippen LogP contribution in [0.1, 0.15) is 13.8 Å². The quantitative estimate of drug-likeness (QED) is 0.384. The molecule has 10 heteroatoms. The molecule has 0 aromatic rings. The van der Waals surface area contributed by atoms with Crippen molar-refractivity contribution in [1.29, 1.82) is 0 Å². The molecule has 0 spiro atoms. The minimum Gasteiger partial charge on any atom is -0.469 e. The average molecular weight is 436 g/mol. The van der Waals surface area contributed by atoms with E-state index in [1.807, 2.05) is 0 Å². The third-order valence-electron chi connectivity index (χ3n) is 5.84. The molecular formula is C15H18Cl4O6. The Labute approximate surface area is 165 Å². The Kier molecular flexibility index (Phi) is 4.95. The highest BCUT2D eigenvalue weighted by atomic mass is 35.5. The molecule has 0 aromatic heterocycles. The molecule has 2 bridgehead atoms. The summed E-state index contributed by atoms with van der Waals surface area (Å²) in [4.78, 5) is 21.8. The lowest BCUT2D eigenvalue weighted by molar-refractivity contribution is -0.226. The van der Waals surface area contributed by atoms with Crippen LogP contribution >= 0.6 is 46.4 Å². The van der Waals surface area contributed by atoms with Gasteiger partial charge in [-0.2, -0.15) is 0 Å². The van der Waals surface area contributed by atoms with E-state index in [1.54, 1.807) is 0 Å². The molecule has 142 valence electrons. The maximum absolute atomic E-state index is 12.9. The molecule has 2 rings (SSSR count). The SMILES string of the molecule is COC(=O)[C@@]1(C)[C@@](C)(C(=O)OC)[C@@]2(Cl)C(Cl)=C(Cl)[C@]1(Cl)C2(OC)OC. The molecule has 25 heavy (non-hydrogen) atoms. The van der Waals surface area contributed by atoms with Crippen molar-refractivity contribution in [2.75, 3.05) is 28.4 Å². The average Bonchev–Trinajstić information content (AvgIpc) is 2.82. The van der Waals surface area contributed by atoms with Crippen molar-refractivity contribution in [1.82, 2.24) is 0 Å². The van der Waals surface area contributed by atoms with Gasteiger partial charge >= 0.3 is 11.9 Å². The fraction of sp³-hybridized carbons (Fsp3) is 0.733. The molecule has 0 unspecified atom stereocenters. The summed E-state index contributed by atoms with van der Waals surface area (Å²) in [5, 5.41) is -0.326. The van der Waals surface area contributed by atoms with E-state index in [-0.39, 0.29) is 10.1 Å². The highest BCUT2D eigenvalue weighted by molar-refractivity contribution is 6.53. The third-order valence-corrected chi connectivity index (χ3v) is 8.71. The van der Waals surface area contributed by atoms with E-state index in [0.29, 0.717) is 0 Å². The van der Waals surface area contributed by atoms with Crippen LogP contribution in [0, 0.1) is 10.8 Å². The van der Waals surface area contributed by atoms with Crippen molar-refractivity contribution >= 4 is 58.3 Å². The summed E-state index contributed by atoms with van der Waals surface area (Å²) < 4.78 is 21.0. The van der Waals surface area contributed by atoms with Gasteiger partial charge in [-0.1, -0.05) is 23.2 Å². The molecule has 6 nitrogen and oxygen atoms in total. The van der Waals surface area contributed by atoms with Crippen LogP contribution in [0.3, 0.4) is 0 Å². The van der Waals surface area contributed by atoms with Gasteiger partial charge in [-0.05, 0) is 13.8 Å². The van der Waals surface area contributed by atoms with E-state index in [1.165, 1.54) is 28.1 Å². The number of fused-ring (bicyclic) bond motifs is 2. The number of alkyl halides is 2. The van der Waals surface area contributed by atoms with E-state index < -0.39 is 38.3 Å². The second kappa shape index (κ2) is 5.88. The molecule has 2 aliphatic rings. The van der Waals surface area contributed by atoms with Gasteiger partial charge in [0.25, 0.3) is 0 Å². The molecule has 4 atom stereocenters. The first kappa shape index (κ1) is 21.1. The van der Waals surface area contributed by atoms with Crippen LogP contribution in [0.5, 0.6) is 0 Å². The van der Waals surface area contributed by atoms with Gasteiger partial charge in [0.05, 0.1) is 24.3 Å². The molecule has 1 saturated carbocycles. The summed E-state index contributed by atoms with van der Waals surface area (Å²) in [6.07, 6.45) is 0. The molecule has 0 heterocycles. The monoisotopic (exact) mass is 434 g/mol. The predicted molar refractivity (Wildman–Crippen MR) is 92.9 cm³/mol. The fourth-order valence-corrected chi connectivity index (χ4v) is 6.73. The van der Waals surface area contributed by atoms with E-state index in [2.05, 4.69) is 0 Å². The van der Waals surface area contributed by atoms with Crippen LogP contribution < -0.4 is 0 Å². The Hall–Kier alpha value is -0.240. The number of rotatable bonds is 4. The maximum atomic E-state index is 12.9. The topological polar surface area (TPSA) is 71.1 Å². The lowest BCUT2D eigenvalue weighted by Crippen LogP contribution is -2.61. The van der Waals surface area contributed by atoms with Crippen LogP contribution in [0.4, 0.5) is 0 Å². The zero-order chi connectivity index (χ0) is 19.6. The van der Waals surface area contributed by atoms with Gasteiger partial charge in [-0.15, -0.1) is 23.2 Å². The molecule has 2 aliphatic carbocycles. The van der Waals surface area contributed by atoms with Gasteiger partial charge < -0.3 is 18.9 Å². The normalized spacial score (nSPS) is 41.8. The molecular weight excluding hydrogens is 418 g/mol. The predicted octanol–water partition coefficient (Wildman–Crippen LogP) is 3.01. The van der Waals surface area contributed by atoms with Gasteiger partial charge in [0, 0.05) is 14.2 Å². The molecule has 1 fully saturated rings. The van der Waals surface area contributed by atoms with Crippen molar-refractivity contribution in [2.24, 2.45) is 10.8 Å².